The molecule has 0 amide bonds. The van der Waals surface area contributed by atoms with Crippen LogP contribution in [0.25, 0.3) is 0 Å². The van der Waals surface area contributed by atoms with Gasteiger partial charge in [-0.2, -0.15) is 0 Å². The van der Waals surface area contributed by atoms with Gasteiger partial charge in [-0.25, -0.2) is 8.78 Å². The number of rotatable bonds is 3. The summed E-state index contributed by atoms with van der Waals surface area (Å²) in [6.45, 7) is 2.01. The Morgan fingerprint density at radius 2 is 1.72 bits per heavy atom. The largest absolute Gasteiger partial charge is 0.487 e. The van der Waals surface area contributed by atoms with Gasteiger partial charge in [0.15, 0.2) is 0 Å². The van der Waals surface area contributed by atoms with Crippen molar-refractivity contribution in [3.05, 3.63) is 59.2 Å². The number of nitrogen functional groups attached to an aromatic ring is 1. The van der Waals surface area contributed by atoms with Gasteiger partial charge in [0, 0.05) is 6.07 Å². The van der Waals surface area contributed by atoms with Crippen LogP contribution in [0.15, 0.2) is 36.4 Å². The third-order valence-electron chi connectivity index (χ3n) is 2.66. The SMILES string of the molecule is Cc1cc(F)ccc1COc1cc(F)ccc1N. The molecular weight excluding hydrogens is 236 g/mol. The number of anilines is 1. The van der Waals surface area contributed by atoms with E-state index >= 15 is 0 Å². The zero-order valence-corrected chi connectivity index (χ0v) is 9.91. The Bertz CT molecular complexity index is 570. The fraction of sp³-hybridized carbons (Fsp3) is 0.143. The molecule has 0 aliphatic heterocycles. The number of aryl methyl sites for hydroxylation is 1. The average molecular weight is 249 g/mol. The van der Waals surface area contributed by atoms with Crippen LogP contribution in [0, 0.1) is 18.6 Å². The predicted octanol–water partition coefficient (Wildman–Crippen LogP) is 3.43. The lowest BCUT2D eigenvalue weighted by molar-refractivity contribution is 0.305. The summed E-state index contributed by atoms with van der Waals surface area (Å²) in [5.41, 5.74) is 7.65. The third kappa shape index (κ3) is 2.77. The Kier molecular flexibility index (Phi) is 3.46. The van der Waals surface area contributed by atoms with Crippen molar-refractivity contribution >= 4 is 5.69 Å². The maximum atomic E-state index is 13.0. The van der Waals surface area contributed by atoms with E-state index in [4.69, 9.17) is 10.5 Å². The lowest BCUT2D eigenvalue weighted by Crippen LogP contribution is -2.01. The smallest absolute Gasteiger partial charge is 0.145 e. The first-order valence-corrected chi connectivity index (χ1v) is 5.49. The van der Waals surface area contributed by atoms with E-state index in [0.717, 1.165) is 11.1 Å². The van der Waals surface area contributed by atoms with Gasteiger partial charge in [0.05, 0.1) is 5.69 Å². The lowest BCUT2D eigenvalue weighted by Gasteiger charge is -2.10. The highest BCUT2D eigenvalue weighted by Crippen LogP contribution is 2.23. The molecule has 0 saturated carbocycles. The molecule has 0 saturated heterocycles. The molecule has 0 heterocycles. The summed E-state index contributed by atoms with van der Waals surface area (Å²) in [5.74, 6) is -0.407. The van der Waals surface area contributed by atoms with Gasteiger partial charge >= 0.3 is 0 Å². The second-order valence-electron chi connectivity index (χ2n) is 4.04. The van der Waals surface area contributed by atoms with Crippen LogP contribution in [0.3, 0.4) is 0 Å². The van der Waals surface area contributed by atoms with Crippen LogP contribution >= 0.6 is 0 Å². The highest BCUT2D eigenvalue weighted by atomic mass is 19.1. The van der Waals surface area contributed by atoms with Crippen molar-refractivity contribution in [2.45, 2.75) is 13.5 Å². The molecule has 0 atom stereocenters. The number of hydrogen-bond acceptors (Lipinski definition) is 2. The first kappa shape index (κ1) is 12.4. The van der Waals surface area contributed by atoms with Crippen molar-refractivity contribution in [3.8, 4) is 5.75 Å². The maximum Gasteiger partial charge on any atom is 0.145 e. The van der Waals surface area contributed by atoms with Crippen molar-refractivity contribution in [1.29, 1.82) is 0 Å². The molecule has 18 heavy (non-hydrogen) atoms. The Morgan fingerprint density at radius 1 is 1.06 bits per heavy atom. The predicted molar refractivity (Wildman–Crippen MR) is 66.3 cm³/mol. The monoisotopic (exact) mass is 249 g/mol. The van der Waals surface area contributed by atoms with Gasteiger partial charge in [0.25, 0.3) is 0 Å². The van der Waals surface area contributed by atoms with Crippen molar-refractivity contribution in [2.24, 2.45) is 0 Å². The molecule has 2 aromatic rings. The molecule has 0 aliphatic rings. The zero-order valence-electron chi connectivity index (χ0n) is 9.91. The number of ether oxygens (including phenoxy) is 1. The molecule has 2 rings (SSSR count). The minimum atomic E-state index is -0.407. The summed E-state index contributed by atoms with van der Waals surface area (Å²) in [6, 6.07) is 8.37. The fourth-order valence-corrected chi connectivity index (χ4v) is 1.61. The number of halogens is 2. The van der Waals surface area contributed by atoms with Crippen molar-refractivity contribution in [3.63, 3.8) is 0 Å². The molecule has 0 spiro atoms. The molecule has 0 unspecified atom stereocenters. The maximum absolute atomic E-state index is 13.0. The van der Waals surface area contributed by atoms with Crippen molar-refractivity contribution in [1.82, 2.24) is 0 Å². The van der Waals surface area contributed by atoms with E-state index in [-0.39, 0.29) is 12.4 Å². The lowest BCUT2D eigenvalue weighted by atomic mass is 10.1. The molecule has 2 aromatic carbocycles. The summed E-state index contributed by atoms with van der Waals surface area (Å²) in [6.07, 6.45) is 0. The van der Waals surface area contributed by atoms with Crippen LogP contribution in [0.1, 0.15) is 11.1 Å². The zero-order chi connectivity index (χ0) is 13.1. The molecule has 0 aromatic heterocycles. The van der Waals surface area contributed by atoms with Crippen LogP contribution < -0.4 is 10.5 Å². The highest BCUT2D eigenvalue weighted by Gasteiger charge is 2.05. The van der Waals surface area contributed by atoms with Crippen LogP contribution in [-0.4, -0.2) is 0 Å². The quantitative estimate of drug-likeness (QED) is 0.846. The third-order valence-corrected chi connectivity index (χ3v) is 2.66. The van der Waals surface area contributed by atoms with Crippen LogP contribution in [-0.2, 0) is 6.61 Å². The van der Waals surface area contributed by atoms with E-state index in [1.54, 1.807) is 13.0 Å². The molecule has 94 valence electrons. The first-order valence-electron chi connectivity index (χ1n) is 5.49. The van der Waals surface area contributed by atoms with Crippen LogP contribution in [0.4, 0.5) is 14.5 Å². The normalized spacial score (nSPS) is 10.4. The van der Waals surface area contributed by atoms with E-state index < -0.39 is 5.82 Å². The molecular formula is C14H13F2NO. The Hall–Kier alpha value is -2.10. The van der Waals surface area contributed by atoms with Gasteiger partial charge in [0.2, 0.25) is 0 Å². The summed E-state index contributed by atoms with van der Waals surface area (Å²) >= 11 is 0. The summed E-state index contributed by atoms with van der Waals surface area (Å²) < 4.78 is 31.4. The average Bonchev–Trinajstić information content (AvgIpc) is 2.32. The fourth-order valence-electron chi connectivity index (χ4n) is 1.61. The van der Waals surface area contributed by atoms with Crippen molar-refractivity contribution < 1.29 is 13.5 Å². The van der Waals surface area contributed by atoms with Crippen LogP contribution in [0.5, 0.6) is 5.75 Å². The van der Waals surface area contributed by atoms with Crippen molar-refractivity contribution in [2.75, 3.05) is 5.73 Å². The van der Waals surface area contributed by atoms with Crippen LogP contribution in [0.2, 0.25) is 0 Å². The second-order valence-corrected chi connectivity index (χ2v) is 4.04. The molecule has 0 aliphatic carbocycles. The molecule has 0 fully saturated rings. The topological polar surface area (TPSA) is 35.2 Å². The Morgan fingerprint density at radius 3 is 2.44 bits per heavy atom. The summed E-state index contributed by atoms with van der Waals surface area (Å²) in [4.78, 5) is 0. The molecule has 2 N–H and O–H groups in total. The molecule has 0 bridgehead atoms. The number of nitrogens with two attached hydrogens (primary N) is 1. The van der Waals surface area contributed by atoms with E-state index in [9.17, 15) is 8.78 Å². The molecule has 0 radical (unpaired) electrons. The summed E-state index contributed by atoms with van der Waals surface area (Å²) in [5, 5.41) is 0. The molecule has 4 heteroatoms. The Balaban J connectivity index is 2.13. The Labute approximate surface area is 104 Å². The van der Waals surface area contributed by atoms with Gasteiger partial charge in [-0.15, -0.1) is 0 Å². The van der Waals surface area contributed by atoms with E-state index in [1.807, 2.05) is 0 Å². The summed E-state index contributed by atoms with van der Waals surface area (Å²) in [7, 11) is 0. The van der Waals surface area contributed by atoms with Gasteiger partial charge in [-0.3, -0.25) is 0 Å². The van der Waals surface area contributed by atoms with E-state index in [0.29, 0.717) is 11.4 Å². The highest BCUT2D eigenvalue weighted by molar-refractivity contribution is 5.52. The minimum absolute atomic E-state index is 0.222. The van der Waals surface area contributed by atoms with E-state index in [1.165, 1.54) is 30.3 Å². The second kappa shape index (κ2) is 5.04. The van der Waals surface area contributed by atoms with Gasteiger partial charge in [-0.05, 0) is 42.3 Å². The van der Waals surface area contributed by atoms with Gasteiger partial charge in [0.1, 0.15) is 24.0 Å². The standard InChI is InChI=1S/C14H13F2NO/c1-9-6-11(15)3-2-10(9)8-18-14-7-12(16)4-5-13(14)17/h2-7H,8,17H2,1H3. The number of hydrogen-bond donors (Lipinski definition) is 1. The minimum Gasteiger partial charge on any atom is -0.487 e. The molecule has 2 nitrogen and oxygen atoms in total. The van der Waals surface area contributed by atoms with E-state index in [2.05, 4.69) is 0 Å². The van der Waals surface area contributed by atoms with Gasteiger partial charge < -0.3 is 10.5 Å². The van der Waals surface area contributed by atoms with Gasteiger partial charge in [-0.1, -0.05) is 6.07 Å². The number of benzene rings is 2. The first-order chi connectivity index (χ1) is 8.56.